The van der Waals surface area contributed by atoms with Gasteiger partial charge in [-0.25, -0.2) is 0 Å². The molecule has 1 aliphatic rings. The van der Waals surface area contributed by atoms with Gasteiger partial charge in [0.15, 0.2) is 23.0 Å². The van der Waals surface area contributed by atoms with E-state index in [1.807, 2.05) is 67.6 Å². The third kappa shape index (κ3) is 6.20. The van der Waals surface area contributed by atoms with Crippen LogP contribution < -0.4 is 24.3 Å². The normalized spacial score (nSPS) is 11.7. The molecule has 31 heavy (non-hydrogen) atoms. The summed E-state index contributed by atoms with van der Waals surface area (Å²) >= 11 is 5.94. The fourth-order valence-corrected chi connectivity index (χ4v) is 3.32. The molecular formula is C24H25Cl2NO4. The maximum Gasteiger partial charge on any atom is 0.231 e. The Kier molecular flexibility index (Phi) is 8.29. The van der Waals surface area contributed by atoms with Crippen LogP contribution in [0.2, 0.25) is 5.02 Å². The van der Waals surface area contributed by atoms with Gasteiger partial charge in [-0.2, -0.15) is 0 Å². The van der Waals surface area contributed by atoms with E-state index in [1.165, 1.54) is 0 Å². The van der Waals surface area contributed by atoms with Gasteiger partial charge in [-0.15, -0.1) is 12.4 Å². The summed E-state index contributed by atoms with van der Waals surface area (Å²) < 4.78 is 22.6. The van der Waals surface area contributed by atoms with E-state index in [-0.39, 0.29) is 12.4 Å². The zero-order valence-electron chi connectivity index (χ0n) is 17.2. The zero-order chi connectivity index (χ0) is 20.8. The van der Waals surface area contributed by atoms with Crippen LogP contribution in [0.4, 0.5) is 0 Å². The summed E-state index contributed by atoms with van der Waals surface area (Å²) in [5.41, 5.74) is 3.32. The topological polar surface area (TPSA) is 49.0 Å². The number of ether oxygens (including phenoxy) is 4. The molecule has 4 rings (SSSR count). The number of rotatable bonds is 9. The van der Waals surface area contributed by atoms with Gasteiger partial charge in [0, 0.05) is 18.1 Å². The average Bonchev–Trinajstić information content (AvgIpc) is 3.22. The molecule has 0 saturated heterocycles. The van der Waals surface area contributed by atoms with Gasteiger partial charge in [-0.1, -0.05) is 35.9 Å². The Morgan fingerprint density at radius 2 is 1.48 bits per heavy atom. The molecule has 3 aromatic carbocycles. The van der Waals surface area contributed by atoms with Gasteiger partial charge >= 0.3 is 0 Å². The maximum atomic E-state index is 5.97. The molecule has 0 fully saturated rings. The van der Waals surface area contributed by atoms with E-state index in [4.69, 9.17) is 30.5 Å². The van der Waals surface area contributed by atoms with Crippen LogP contribution in [0.15, 0.2) is 60.7 Å². The molecule has 0 saturated carbocycles. The van der Waals surface area contributed by atoms with Crippen molar-refractivity contribution < 1.29 is 18.9 Å². The minimum absolute atomic E-state index is 0. The minimum Gasteiger partial charge on any atom is -0.490 e. The Morgan fingerprint density at radius 1 is 0.806 bits per heavy atom. The highest BCUT2D eigenvalue weighted by Gasteiger charge is 2.13. The van der Waals surface area contributed by atoms with Crippen LogP contribution >= 0.6 is 24.0 Å². The highest BCUT2D eigenvalue weighted by molar-refractivity contribution is 6.30. The Bertz CT molecular complexity index is 995. The van der Waals surface area contributed by atoms with Crippen LogP contribution in [0.1, 0.15) is 23.6 Å². The Labute approximate surface area is 193 Å². The fraction of sp³-hybridized carbons (Fsp3) is 0.250. The summed E-state index contributed by atoms with van der Waals surface area (Å²) in [6.07, 6.45) is 0. The summed E-state index contributed by atoms with van der Waals surface area (Å²) in [5, 5.41) is 4.17. The van der Waals surface area contributed by atoms with Gasteiger partial charge in [0.1, 0.15) is 6.61 Å². The first kappa shape index (κ1) is 23.1. The fourth-order valence-electron chi connectivity index (χ4n) is 3.19. The van der Waals surface area contributed by atoms with Crippen LogP contribution in [-0.2, 0) is 19.7 Å². The van der Waals surface area contributed by atoms with Crippen molar-refractivity contribution in [2.75, 3.05) is 13.4 Å². The SMILES string of the molecule is CCOc1cc(CNCc2ccc3c(c2)OCO3)ccc1OCc1ccc(Cl)cc1.Cl. The third-order valence-corrected chi connectivity index (χ3v) is 4.96. The van der Waals surface area contributed by atoms with Crippen molar-refractivity contribution >= 4 is 24.0 Å². The Morgan fingerprint density at radius 3 is 2.26 bits per heavy atom. The summed E-state index contributed by atoms with van der Waals surface area (Å²) in [7, 11) is 0. The zero-order valence-corrected chi connectivity index (χ0v) is 18.8. The quantitative estimate of drug-likeness (QED) is 0.438. The maximum absolute atomic E-state index is 5.97. The third-order valence-electron chi connectivity index (χ3n) is 4.71. The molecule has 0 aliphatic carbocycles. The van der Waals surface area contributed by atoms with Crippen molar-refractivity contribution in [2.24, 2.45) is 0 Å². The van der Waals surface area contributed by atoms with E-state index in [2.05, 4.69) is 5.32 Å². The molecule has 164 valence electrons. The van der Waals surface area contributed by atoms with Crippen LogP contribution in [-0.4, -0.2) is 13.4 Å². The van der Waals surface area contributed by atoms with Crippen molar-refractivity contribution in [1.29, 1.82) is 0 Å². The smallest absolute Gasteiger partial charge is 0.231 e. The van der Waals surface area contributed by atoms with Gasteiger partial charge < -0.3 is 24.3 Å². The van der Waals surface area contributed by atoms with Gasteiger partial charge in [0.05, 0.1) is 6.61 Å². The minimum atomic E-state index is 0. The number of hydrogen-bond donors (Lipinski definition) is 1. The lowest BCUT2D eigenvalue weighted by Gasteiger charge is -2.14. The van der Waals surface area contributed by atoms with Crippen LogP contribution in [0.3, 0.4) is 0 Å². The van der Waals surface area contributed by atoms with E-state index < -0.39 is 0 Å². The molecule has 1 N–H and O–H groups in total. The van der Waals surface area contributed by atoms with E-state index in [9.17, 15) is 0 Å². The first-order chi connectivity index (χ1) is 14.7. The van der Waals surface area contributed by atoms with Crippen molar-refractivity contribution in [2.45, 2.75) is 26.6 Å². The standard InChI is InChI=1S/C24H24ClNO4.ClH/c1-2-27-23-11-18(5-9-21(23)28-15-17-3-7-20(25)8-4-17)13-26-14-19-6-10-22-24(12-19)30-16-29-22;/h3-12,26H,2,13-16H2,1H3;1H. The van der Waals surface area contributed by atoms with Crippen molar-refractivity contribution in [3.63, 3.8) is 0 Å². The Balaban J connectivity index is 0.00000272. The highest BCUT2D eigenvalue weighted by atomic mass is 35.5. The highest BCUT2D eigenvalue weighted by Crippen LogP contribution is 2.32. The molecule has 0 atom stereocenters. The van der Waals surface area contributed by atoms with Gasteiger partial charge in [-0.05, 0) is 60.0 Å². The first-order valence-electron chi connectivity index (χ1n) is 9.93. The Hall–Kier alpha value is -2.60. The van der Waals surface area contributed by atoms with E-state index in [0.717, 1.165) is 46.2 Å². The number of hydrogen-bond acceptors (Lipinski definition) is 5. The molecule has 0 spiro atoms. The molecule has 5 nitrogen and oxygen atoms in total. The number of benzene rings is 3. The lowest BCUT2D eigenvalue weighted by Crippen LogP contribution is -2.13. The van der Waals surface area contributed by atoms with Crippen LogP contribution in [0.25, 0.3) is 0 Å². The second-order valence-corrected chi connectivity index (χ2v) is 7.36. The molecule has 0 amide bonds. The molecule has 1 heterocycles. The van der Waals surface area contributed by atoms with E-state index >= 15 is 0 Å². The first-order valence-corrected chi connectivity index (χ1v) is 10.3. The lowest BCUT2D eigenvalue weighted by atomic mass is 10.1. The lowest BCUT2D eigenvalue weighted by molar-refractivity contribution is 0.174. The predicted octanol–water partition coefficient (Wildman–Crippen LogP) is 5.76. The van der Waals surface area contributed by atoms with Crippen molar-refractivity contribution in [1.82, 2.24) is 5.32 Å². The average molecular weight is 462 g/mol. The number of nitrogens with one attached hydrogen (secondary N) is 1. The molecule has 7 heteroatoms. The van der Waals surface area contributed by atoms with Crippen molar-refractivity contribution in [3.8, 4) is 23.0 Å². The largest absolute Gasteiger partial charge is 0.490 e. The summed E-state index contributed by atoms with van der Waals surface area (Å²) in [6, 6.07) is 19.7. The molecule has 0 bridgehead atoms. The molecule has 0 radical (unpaired) electrons. The predicted molar refractivity (Wildman–Crippen MR) is 124 cm³/mol. The van der Waals surface area contributed by atoms with Crippen LogP contribution in [0.5, 0.6) is 23.0 Å². The van der Waals surface area contributed by atoms with E-state index in [0.29, 0.717) is 31.6 Å². The molecule has 0 unspecified atom stereocenters. The van der Waals surface area contributed by atoms with Crippen molar-refractivity contribution in [3.05, 3.63) is 82.4 Å². The summed E-state index contributed by atoms with van der Waals surface area (Å²) in [4.78, 5) is 0. The second kappa shape index (κ2) is 11.1. The van der Waals surface area contributed by atoms with E-state index in [1.54, 1.807) is 0 Å². The number of halogens is 2. The molecule has 1 aliphatic heterocycles. The number of fused-ring (bicyclic) bond motifs is 1. The monoisotopic (exact) mass is 461 g/mol. The van der Waals surface area contributed by atoms with Gasteiger partial charge in [0.25, 0.3) is 0 Å². The second-order valence-electron chi connectivity index (χ2n) is 6.92. The molecular weight excluding hydrogens is 437 g/mol. The molecule has 0 aromatic heterocycles. The van der Waals surface area contributed by atoms with Crippen LogP contribution in [0, 0.1) is 0 Å². The summed E-state index contributed by atoms with van der Waals surface area (Å²) in [6.45, 7) is 4.73. The van der Waals surface area contributed by atoms with Gasteiger partial charge in [-0.3, -0.25) is 0 Å². The molecule has 3 aromatic rings. The summed E-state index contributed by atoms with van der Waals surface area (Å²) in [5.74, 6) is 3.07. The van der Waals surface area contributed by atoms with Gasteiger partial charge in [0.2, 0.25) is 6.79 Å².